The molecule has 0 bridgehead atoms. The number of nitrogens with one attached hydrogen (secondary N) is 1. The molecule has 0 unspecified atom stereocenters. The lowest BCUT2D eigenvalue weighted by Gasteiger charge is -2.15. The summed E-state index contributed by atoms with van der Waals surface area (Å²) in [6.07, 6.45) is 1.29. The van der Waals surface area contributed by atoms with Gasteiger partial charge in [-0.3, -0.25) is 4.79 Å². The summed E-state index contributed by atoms with van der Waals surface area (Å²) in [4.78, 5) is 18.3. The summed E-state index contributed by atoms with van der Waals surface area (Å²) >= 11 is 1.60. The predicted molar refractivity (Wildman–Crippen MR) is 87.2 cm³/mol. The number of para-hydroxylation sites is 2. The van der Waals surface area contributed by atoms with Crippen molar-refractivity contribution in [2.75, 3.05) is 24.6 Å². The Bertz CT molecular complexity index is 571. The van der Waals surface area contributed by atoms with Crippen LogP contribution in [0, 0.1) is 0 Å². The van der Waals surface area contributed by atoms with Crippen molar-refractivity contribution in [1.29, 1.82) is 0 Å². The Morgan fingerprint density at radius 2 is 2.24 bits per heavy atom. The SMILES string of the molecule is CN(CCCC(=O)Nc1ccccc1N)Cc1cscn1. The maximum Gasteiger partial charge on any atom is 0.224 e. The van der Waals surface area contributed by atoms with Crippen LogP contribution >= 0.6 is 11.3 Å². The van der Waals surface area contributed by atoms with Crippen LogP contribution in [-0.2, 0) is 11.3 Å². The Kier molecular flexibility index (Phi) is 5.71. The number of anilines is 2. The van der Waals surface area contributed by atoms with Gasteiger partial charge in [-0.1, -0.05) is 12.1 Å². The third-order valence-electron chi connectivity index (χ3n) is 3.09. The molecule has 6 heteroatoms. The van der Waals surface area contributed by atoms with Crippen molar-refractivity contribution in [3.05, 3.63) is 40.8 Å². The summed E-state index contributed by atoms with van der Waals surface area (Å²) in [6.45, 7) is 1.67. The molecule has 5 nitrogen and oxygen atoms in total. The Morgan fingerprint density at radius 3 is 2.95 bits per heavy atom. The standard InChI is InChI=1S/C15H20N4OS/c1-19(9-12-10-21-11-17-12)8-4-7-15(20)18-14-6-3-2-5-13(14)16/h2-3,5-6,10-11H,4,7-9,16H2,1H3,(H,18,20). The number of carbonyl (C=O) groups excluding carboxylic acids is 1. The van der Waals surface area contributed by atoms with Crippen LogP contribution in [-0.4, -0.2) is 29.4 Å². The molecule has 112 valence electrons. The van der Waals surface area contributed by atoms with Crippen LogP contribution in [0.3, 0.4) is 0 Å². The highest BCUT2D eigenvalue weighted by Crippen LogP contribution is 2.17. The highest BCUT2D eigenvalue weighted by molar-refractivity contribution is 7.07. The molecule has 1 aromatic carbocycles. The van der Waals surface area contributed by atoms with Crippen molar-refractivity contribution in [2.45, 2.75) is 19.4 Å². The van der Waals surface area contributed by atoms with Crippen molar-refractivity contribution in [3.63, 3.8) is 0 Å². The van der Waals surface area contributed by atoms with Gasteiger partial charge in [0.25, 0.3) is 0 Å². The number of aromatic nitrogens is 1. The van der Waals surface area contributed by atoms with E-state index < -0.39 is 0 Å². The molecule has 1 heterocycles. The maximum absolute atomic E-state index is 11.9. The highest BCUT2D eigenvalue weighted by atomic mass is 32.1. The molecule has 2 rings (SSSR count). The van der Waals surface area contributed by atoms with Gasteiger partial charge >= 0.3 is 0 Å². The van der Waals surface area contributed by atoms with Gasteiger partial charge in [0.1, 0.15) is 0 Å². The largest absolute Gasteiger partial charge is 0.397 e. The third-order valence-corrected chi connectivity index (χ3v) is 3.73. The Morgan fingerprint density at radius 1 is 1.43 bits per heavy atom. The normalized spacial score (nSPS) is 10.8. The van der Waals surface area contributed by atoms with Gasteiger partial charge in [0.2, 0.25) is 5.91 Å². The fourth-order valence-corrected chi connectivity index (χ4v) is 2.55. The molecule has 0 aliphatic carbocycles. The number of hydrogen-bond acceptors (Lipinski definition) is 5. The molecule has 0 saturated heterocycles. The number of hydrogen-bond donors (Lipinski definition) is 2. The molecule has 0 fully saturated rings. The number of amides is 1. The van der Waals surface area contributed by atoms with Crippen molar-refractivity contribution in [1.82, 2.24) is 9.88 Å². The van der Waals surface area contributed by atoms with Crippen molar-refractivity contribution < 1.29 is 4.79 Å². The Labute approximate surface area is 128 Å². The lowest BCUT2D eigenvalue weighted by Crippen LogP contribution is -2.21. The minimum absolute atomic E-state index is 0.00467. The molecule has 2 aromatic rings. The van der Waals surface area contributed by atoms with E-state index in [1.807, 2.05) is 36.1 Å². The lowest BCUT2D eigenvalue weighted by atomic mass is 10.2. The first-order chi connectivity index (χ1) is 10.1. The number of rotatable bonds is 7. The molecular weight excluding hydrogens is 284 g/mol. The number of carbonyl (C=O) groups is 1. The average Bonchev–Trinajstić information content (AvgIpc) is 2.94. The van der Waals surface area contributed by atoms with Gasteiger partial charge in [-0.25, -0.2) is 4.98 Å². The summed E-state index contributed by atoms with van der Waals surface area (Å²) in [5, 5.41) is 4.88. The zero-order valence-electron chi connectivity index (χ0n) is 12.1. The zero-order chi connectivity index (χ0) is 15.1. The lowest BCUT2D eigenvalue weighted by molar-refractivity contribution is -0.116. The molecule has 21 heavy (non-hydrogen) atoms. The number of nitrogen functional groups attached to an aromatic ring is 1. The summed E-state index contributed by atoms with van der Waals surface area (Å²) in [5.74, 6) is -0.00467. The van der Waals surface area contributed by atoms with E-state index in [2.05, 4.69) is 15.2 Å². The van der Waals surface area contributed by atoms with Gasteiger partial charge in [-0.15, -0.1) is 11.3 Å². The van der Waals surface area contributed by atoms with Crippen LogP contribution in [0.1, 0.15) is 18.5 Å². The molecule has 1 aromatic heterocycles. The van der Waals surface area contributed by atoms with Crippen LogP contribution in [0.15, 0.2) is 35.2 Å². The van der Waals surface area contributed by atoms with Gasteiger partial charge in [0.05, 0.1) is 22.6 Å². The smallest absolute Gasteiger partial charge is 0.224 e. The topological polar surface area (TPSA) is 71.2 Å². The van der Waals surface area contributed by atoms with Gasteiger partial charge in [-0.2, -0.15) is 0 Å². The fraction of sp³-hybridized carbons (Fsp3) is 0.333. The third kappa shape index (κ3) is 5.17. The molecule has 1 amide bonds. The monoisotopic (exact) mass is 304 g/mol. The molecule has 0 saturated carbocycles. The van der Waals surface area contributed by atoms with Crippen molar-refractivity contribution in [3.8, 4) is 0 Å². The van der Waals surface area contributed by atoms with Gasteiger partial charge in [0, 0.05) is 18.3 Å². The molecule has 0 aliphatic rings. The second-order valence-electron chi connectivity index (χ2n) is 4.96. The number of nitrogens with zero attached hydrogens (tertiary/aromatic N) is 2. The second kappa shape index (κ2) is 7.75. The molecule has 0 radical (unpaired) electrons. The van der Waals surface area contributed by atoms with E-state index in [9.17, 15) is 4.79 Å². The summed E-state index contributed by atoms with van der Waals surface area (Å²) in [5.41, 5.74) is 9.97. The number of benzene rings is 1. The van der Waals surface area contributed by atoms with Crippen molar-refractivity contribution in [2.24, 2.45) is 0 Å². The van der Waals surface area contributed by atoms with Crippen molar-refractivity contribution >= 4 is 28.6 Å². The first-order valence-electron chi connectivity index (χ1n) is 6.85. The van der Waals surface area contributed by atoms with Crippen LogP contribution < -0.4 is 11.1 Å². The average molecular weight is 304 g/mol. The molecule has 3 N–H and O–H groups in total. The first-order valence-corrected chi connectivity index (χ1v) is 7.79. The van der Waals surface area contributed by atoms with Crippen LogP contribution in [0.2, 0.25) is 0 Å². The Balaban J connectivity index is 1.68. The van der Waals surface area contributed by atoms with E-state index in [4.69, 9.17) is 5.73 Å². The quantitative estimate of drug-likeness (QED) is 0.771. The number of nitrogens with two attached hydrogens (primary N) is 1. The predicted octanol–water partition coefficient (Wildman–Crippen LogP) is 2.58. The highest BCUT2D eigenvalue weighted by Gasteiger charge is 2.06. The van der Waals surface area contributed by atoms with E-state index >= 15 is 0 Å². The molecule has 0 aliphatic heterocycles. The first kappa shape index (κ1) is 15.5. The Hall–Kier alpha value is -1.92. The summed E-state index contributed by atoms with van der Waals surface area (Å²) in [6, 6.07) is 7.28. The minimum atomic E-state index is -0.00467. The van der Waals surface area contributed by atoms with E-state index in [1.165, 1.54) is 0 Å². The minimum Gasteiger partial charge on any atom is -0.397 e. The van der Waals surface area contributed by atoms with Crippen LogP contribution in [0.4, 0.5) is 11.4 Å². The van der Waals surface area contributed by atoms with E-state index in [1.54, 1.807) is 17.4 Å². The second-order valence-corrected chi connectivity index (χ2v) is 5.68. The molecule has 0 spiro atoms. The van der Waals surface area contributed by atoms with E-state index in [0.717, 1.165) is 25.2 Å². The van der Waals surface area contributed by atoms with Crippen LogP contribution in [0.25, 0.3) is 0 Å². The van der Waals surface area contributed by atoms with E-state index in [-0.39, 0.29) is 5.91 Å². The van der Waals surface area contributed by atoms with Gasteiger partial charge in [0.15, 0.2) is 0 Å². The van der Waals surface area contributed by atoms with Gasteiger partial charge in [-0.05, 0) is 32.1 Å². The molecular formula is C15H20N4OS. The maximum atomic E-state index is 11.9. The number of thiazole rings is 1. The van der Waals surface area contributed by atoms with Crippen LogP contribution in [0.5, 0.6) is 0 Å². The summed E-state index contributed by atoms with van der Waals surface area (Å²) in [7, 11) is 2.03. The fourth-order valence-electron chi connectivity index (χ4n) is 2.00. The van der Waals surface area contributed by atoms with E-state index in [0.29, 0.717) is 17.8 Å². The molecule has 0 atom stereocenters. The zero-order valence-corrected chi connectivity index (χ0v) is 12.9. The summed E-state index contributed by atoms with van der Waals surface area (Å²) < 4.78 is 0. The van der Waals surface area contributed by atoms with Gasteiger partial charge < -0.3 is 16.0 Å².